The molecule has 7 nitrogen and oxygen atoms in total. The maximum absolute atomic E-state index is 12.7. The van der Waals surface area contributed by atoms with Gasteiger partial charge < -0.3 is 26.0 Å². The van der Waals surface area contributed by atoms with Crippen LogP contribution in [0.15, 0.2) is 60.8 Å². The topological polar surface area (TPSA) is 115 Å². The van der Waals surface area contributed by atoms with Gasteiger partial charge in [0.1, 0.15) is 5.75 Å². The summed E-state index contributed by atoms with van der Waals surface area (Å²) in [4.78, 5) is 17.0. The van der Waals surface area contributed by atoms with Crippen LogP contribution in [-0.2, 0) is 19.4 Å². The average Bonchev–Trinajstić information content (AvgIpc) is 2.84. The SMILES string of the molecule is Cc1cccnc1CCNC(=O)c1cccc(CC(C)(C)NC[C@@H](O)c2ccc(O)c(CO)c2)c1. The monoisotopic (exact) mass is 477 g/mol. The molecule has 186 valence electrons. The molecule has 1 aromatic heterocycles. The Hall–Kier alpha value is -3.26. The molecule has 0 aliphatic heterocycles. The molecule has 3 rings (SSSR count). The van der Waals surface area contributed by atoms with Gasteiger partial charge in [0.05, 0.1) is 12.7 Å². The molecule has 5 N–H and O–H groups in total. The minimum atomic E-state index is -0.792. The van der Waals surface area contributed by atoms with Crippen molar-refractivity contribution in [2.45, 2.75) is 51.9 Å². The van der Waals surface area contributed by atoms with Gasteiger partial charge in [-0.25, -0.2) is 0 Å². The molecule has 3 aromatic rings. The van der Waals surface area contributed by atoms with Crippen molar-refractivity contribution >= 4 is 5.91 Å². The highest BCUT2D eigenvalue weighted by Crippen LogP contribution is 2.23. The number of aliphatic hydroxyl groups excluding tert-OH is 2. The number of rotatable bonds is 11. The van der Waals surface area contributed by atoms with Gasteiger partial charge in [0, 0.05) is 48.1 Å². The smallest absolute Gasteiger partial charge is 0.251 e. The fourth-order valence-electron chi connectivity index (χ4n) is 4.00. The molecular weight excluding hydrogens is 442 g/mol. The number of β-amino-alcohol motifs (C(OH)–C–C–N with tert-alkyl or cyclic N) is 1. The summed E-state index contributed by atoms with van der Waals surface area (Å²) in [5.74, 6) is -0.110. The van der Waals surface area contributed by atoms with Crippen molar-refractivity contribution in [1.82, 2.24) is 15.6 Å². The standard InChI is InChI=1S/C28H35N3O4/c1-19-6-5-12-29-24(19)11-13-30-27(35)22-8-4-7-20(14-22)16-28(2,3)31-17-26(34)21-9-10-25(33)23(15-21)18-32/h4-10,12,14-15,26,31-34H,11,13,16-18H2,1-3H3,(H,30,35)/t26-/m1/s1. The van der Waals surface area contributed by atoms with Gasteiger partial charge in [-0.05, 0) is 74.2 Å². The Balaban J connectivity index is 1.54. The fourth-order valence-corrected chi connectivity index (χ4v) is 4.00. The number of amides is 1. The zero-order chi connectivity index (χ0) is 25.4. The Morgan fingerprint density at radius 1 is 1.11 bits per heavy atom. The van der Waals surface area contributed by atoms with Crippen molar-refractivity contribution in [3.8, 4) is 5.75 Å². The summed E-state index contributed by atoms with van der Waals surface area (Å²) in [7, 11) is 0. The average molecular weight is 478 g/mol. The Morgan fingerprint density at radius 2 is 1.91 bits per heavy atom. The Labute approximate surface area is 206 Å². The van der Waals surface area contributed by atoms with E-state index >= 15 is 0 Å². The number of pyridine rings is 1. The molecule has 1 amide bonds. The van der Waals surface area contributed by atoms with Crippen molar-refractivity contribution in [2.75, 3.05) is 13.1 Å². The van der Waals surface area contributed by atoms with Crippen LogP contribution in [0, 0.1) is 6.92 Å². The van der Waals surface area contributed by atoms with Crippen LogP contribution in [-0.4, -0.2) is 44.8 Å². The summed E-state index contributed by atoms with van der Waals surface area (Å²) in [6.45, 7) is 6.61. The highest BCUT2D eigenvalue weighted by Gasteiger charge is 2.21. The number of carbonyl (C=O) groups is 1. The molecule has 35 heavy (non-hydrogen) atoms. The number of hydrogen-bond acceptors (Lipinski definition) is 6. The van der Waals surface area contributed by atoms with Gasteiger partial charge in [0.25, 0.3) is 5.91 Å². The fraction of sp³-hybridized carbons (Fsp3) is 0.357. The van der Waals surface area contributed by atoms with E-state index in [9.17, 15) is 20.1 Å². The Bertz CT molecular complexity index is 1150. The lowest BCUT2D eigenvalue weighted by Crippen LogP contribution is -2.43. The summed E-state index contributed by atoms with van der Waals surface area (Å²) in [5.41, 5.74) is 4.37. The number of hydrogen-bond donors (Lipinski definition) is 5. The largest absolute Gasteiger partial charge is 0.508 e. The van der Waals surface area contributed by atoms with Crippen LogP contribution in [0.2, 0.25) is 0 Å². The lowest BCUT2D eigenvalue weighted by Gasteiger charge is -2.28. The molecule has 1 heterocycles. The molecule has 0 saturated carbocycles. The van der Waals surface area contributed by atoms with Gasteiger partial charge in [-0.1, -0.05) is 24.3 Å². The summed E-state index contributed by atoms with van der Waals surface area (Å²) in [6.07, 6.45) is 2.31. The van der Waals surface area contributed by atoms with Gasteiger partial charge in [0.15, 0.2) is 0 Å². The summed E-state index contributed by atoms with van der Waals surface area (Å²) in [6, 6.07) is 16.2. The van der Waals surface area contributed by atoms with Gasteiger partial charge in [-0.3, -0.25) is 9.78 Å². The number of carbonyl (C=O) groups excluding carboxylic acids is 1. The summed E-state index contributed by atoms with van der Waals surface area (Å²) >= 11 is 0. The van der Waals surface area contributed by atoms with E-state index in [1.807, 2.05) is 51.1 Å². The molecule has 0 saturated heterocycles. The van der Waals surface area contributed by atoms with E-state index in [-0.39, 0.29) is 23.8 Å². The van der Waals surface area contributed by atoms with Crippen LogP contribution in [0.25, 0.3) is 0 Å². The second kappa shape index (κ2) is 11.9. The first-order valence-electron chi connectivity index (χ1n) is 11.8. The van der Waals surface area contributed by atoms with Crippen LogP contribution in [0.1, 0.15) is 58.3 Å². The predicted octanol–water partition coefficient (Wildman–Crippen LogP) is 3.20. The molecule has 0 bridgehead atoms. The number of nitrogens with zero attached hydrogens (tertiary/aromatic N) is 1. The van der Waals surface area contributed by atoms with Crippen molar-refractivity contribution in [3.63, 3.8) is 0 Å². The molecule has 0 unspecified atom stereocenters. The molecule has 1 atom stereocenters. The molecular formula is C28H35N3O4. The molecule has 0 radical (unpaired) electrons. The van der Waals surface area contributed by atoms with Crippen LogP contribution >= 0.6 is 0 Å². The Morgan fingerprint density at radius 3 is 2.66 bits per heavy atom. The van der Waals surface area contributed by atoms with Gasteiger partial charge >= 0.3 is 0 Å². The summed E-state index contributed by atoms with van der Waals surface area (Å²) < 4.78 is 0. The van der Waals surface area contributed by atoms with E-state index in [1.54, 1.807) is 24.4 Å². The van der Waals surface area contributed by atoms with Gasteiger partial charge in [-0.15, -0.1) is 0 Å². The van der Waals surface area contributed by atoms with Gasteiger partial charge in [-0.2, -0.15) is 0 Å². The van der Waals surface area contributed by atoms with E-state index in [4.69, 9.17) is 0 Å². The van der Waals surface area contributed by atoms with E-state index in [0.717, 1.165) is 16.8 Å². The van der Waals surface area contributed by atoms with Crippen LogP contribution in [0.4, 0.5) is 0 Å². The van der Waals surface area contributed by atoms with Crippen LogP contribution in [0.3, 0.4) is 0 Å². The first-order chi connectivity index (χ1) is 16.7. The van der Waals surface area contributed by atoms with E-state index < -0.39 is 6.10 Å². The lowest BCUT2D eigenvalue weighted by atomic mass is 9.93. The van der Waals surface area contributed by atoms with E-state index in [2.05, 4.69) is 15.6 Å². The van der Waals surface area contributed by atoms with Crippen LogP contribution < -0.4 is 10.6 Å². The number of nitrogens with one attached hydrogen (secondary N) is 2. The quantitative estimate of drug-likeness (QED) is 0.290. The van der Waals surface area contributed by atoms with Crippen molar-refractivity contribution in [1.29, 1.82) is 0 Å². The van der Waals surface area contributed by atoms with Crippen molar-refractivity contribution < 1.29 is 20.1 Å². The lowest BCUT2D eigenvalue weighted by molar-refractivity contribution is 0.0954. The van der Waals surface area contributed by atoms with E-state index in [1.165, 1.54) is 6.07 Å². The Kier molecular flexibility index (Phi) is 8.98. The third-order valence-corrected chi connectivity index (χ3v) is 6.03. The maximum atomic E-state index is 12.7. The van der Waals surface area contributed by atoms with Crippen molar-refractivity contribution in [3.05, 3.63) is 94.3 Å². The third kappa shape index (κ3) is 7.62. The first kappa shape index (κ1) is 26.3. The second-order valence-electron chi connectivity index (χ2n) is 9.48. The van der Waals surface area contributed by atoms with Crippen molar-refractivity contribution in [2.24, 2.45) is 0 Å². The van der Waals surface area contributed by atoms with Gasteiger partial charge in [0.2, 0.25) is 0 Å². The predicted molar refractivity (Wildman–Crippen MR) is 136 cm³/mol. The third-order valence-electron chi connectivity index (χ3n) is 6.03. The number of aromatic nitrogens is 1. The first-order valence-corrected chi connectivity index (χ1v) is 11.8. The molecule has 0 aliphatic rings. The number of aryl methyl sites for hydroxylation is 1. The highest BCUT2D eigenvalue weighted by molar-refractivity contribution is 5.94. The molecule has 0 spiro atoms. The number of aliphatic hydroxyl groups is 2. The second-order valence-corrected chi connectivity index (χ2v) is 9.48. The molecule has 2 aromatic carbocycles. The molecule has 7 heteroatoms. The molecule has 0 aliphatic carbocycles. The zero-order valence-electron chi connectivity index (χ0n) is 20.6. The van der Waals surface area contributed by atoms with Crippen LogP contribution in [0.5, 0.6) is 5.75 Å². The summed E-state index contributed by atoms with van der Waals surface area (Å²) in [5, 5.41) is 36.0. The number of phenols is 1. The zero-order valence-corrected chi connectivity index (χ0v) is 20.6. The number of benzene rings is 2. The molecule has 0 fully saturated rings. The number of aromatic hydroxyl groups is 1. The normalized spacial score (nSPS) is 12.4. The minimum Gasteiger partial charge on any atom is -0.508 e. The minimum absolute atomic E-state index is 0.00695. The highest BCUT2D eigenvalue weighted by atomic mass is 16.3. The van der Waals surface area contributed by atoms with E-state index in [0.29, 0.717) is 42.6 Å². The maximum Gasteiger partial charge on any atom is 0.251 e.